The Morgan fingerprint density at radius 1 is 1.23 bits per heavy atom. The maximum Gasteiger partial charge on any atom is 0.410 e. The number of hydrogen-bond acceptors (Lipinski definition) is 4. The van der Waals surface area contributed by atoms with Gasteiger partial charge in [-0.2, -0.15) is 0 Å². The van der Waals surface area contributed by atoms with Crippen molar-refractivity contribution in [2.24, 2.45) is 0 Å². The molecule has 5 nitrogen and oxygen atoms in total. The Morgan fingerprint density at radius 2 is 1.77 bits per heavy atom. The van der Waals surface area contributed by atoms with Crippen molar-refractivity contribution < 1.29 is 19.1 Å². The van der Waals surface area contributed by atoms with Crippen LogP contribution in [0.15, 0.2) is 0 Å². The summed E-state index contributed by atoms with van der Waals surface area (Å²) in [5.41, 5.74) is -0.532. The van der Waals surface area contributed by atoms with E-state index in [1.165, 1.54) is 0 Å². The van der Waals surface area contributed by atoms with Gasteiger partial charge in [-0.15, -0.1) is 0 Å². The van der Waals surface area contributed by atoms with E-state index in [0.717, 1.165) is 0 Å². The lowest BCUT2D eigenvalue weighted by Crippen LogP contribution is -2.49. The smallest absolute Gasteiger partial charge is 0.410 e. The maximum absolute atomic E-state index is 12.3. The lowest BCUT2D eigenvalue weighted by molar-refractivity contribution is 0.00763. The number of aliphatic hydroxyl groups is 1. The van der Waals surface area contributed by atoms with Crippen molar-refractivity contribution in [2.45, 2.75) is 83.8 Å². The van der Waals surface area contributed by atoms with Crippen LogP contribution >= 0.6 is 0 Å². The van der Waals surface area contributed by atoms with Gasteiger partial charge in [-0.3, -0.25) is 0 Å². The van der Waals surface area contributed by atoms with Gasteiger partial charge >= 0.3 is 6.09 Å². The molecule has 1 heterocycles. The molecule has 0 aromatic carbocycles. The third-order valence-electron chi connectivity index (χ3n) is 4.56. The Balaban J connectivity index is 2.72. The predicted molar refractivity (Wildman–Crippen MR) is 90.5 cm³/mol. The Hall–Kier alpha value is -0.593. The van der Waals surface area contributed by atoms with Gasteiger partial charge in [0.05, 0.1) is 18.8 Å². The van der Waals surface area contributed by atoms with Gasteiger partial charge in [-0.1, -0.05) is 20.8 Å². The number of hydrogen-bond donors (Lipinski definition) is 1. The van der Waals surface area contributed by atoms with E-state index >= 15 is 0 Å². The summed E-state index contributed by atoms with van der Waals surface area (Å²) >= 11 is 0. The molecule has 6 heteroatoms. The zero-order valence-corrected chi connectivity index (χ0v) is 16.4. The molecular formula is C16H33NO4Si. The minimum absolute atomic E-state index is 0.104. The molecular weight excluding hydrogens is 298 g/mol. The fourth-order valence-corrected chi connectivity index (χ4v) is 3.12. The second-order valence-corrected chi connectivity index (χ2v) is 13.5. The summed E-state index contributed by atoms with van der Waals surface area (Å²) in [5, 5.41) is 10.3. The number of rotatable bonds is 3. The maximum atomic E-state index is 12.3. The van der Waals surface area contributed by atoms with E-state index in [1.54, 1.807) is 4.90 Å². The van der Waals surface area contributed by atoms with Crippen LogP contribution in [0.3, 0.4) is 0 Å². The molecule has 1 fully saturated rings. The van der Waals surface area contributed by atoms with Crippen molar-refractivity contribution in [3.8, 4) is 0 Å². The molecule has 0 radical (unpaired) electrons. The molecule has 0 bridgehead atoms. The van der Waals surface area contributed by atoms with Gasteiger partial charge < -0.3 is 19.2 Å². The van der Waals surface area contributed by atoms with E-state index < -0.39 is 20.0 Å². The molecule has 0 aromatic rings. The van der Waals surface area contributed by atoms with E-state index in [2.05, 4.69) is 33.9 Å². The molecule has 1 aliphatic rings. The van der Waals surface area contributed by atoms with Crippen molar-refractivity contribution in [2.75, 3.05) is 13.2 Å². The Kier molecular flexibility index (Phi) is 5.74. The van der Waals surface area contributed by atoms with Gasteiger partial charge in [-0.25, -0.2) is 4.79 Å². The SMILES string of the molecule is CC(C)(C)OC(=O)N1CC[C@@H](O)[C@@H]1CO[Si](C)(C)C(C)(C)C. The highest BCUT2D eigenvalue weighted by atomic mass is 28.4. The lowest BCUT2D eigenvalue weighted by atomic mass is 10.2. The quantitative estimate of drug-likeness (QED) is 0.806. The summed E-state index contributed by atoms with van der Waals surface area (Å²) in [5.74, 6) is 0. The van der Waals surface area contributed by atoms with Crippen LogP contribution in [0.5, 0.6) is 0 Å². The van der Waals surface area contributed by atoms with Gasteiger partial charge in [-0.05, 0) is 45.3 Å². The summed E-state index contributed by atoms with van der Waals surface area (Å²) in [7, 11) is -1.90. The van der Waals surface area contributed by atoms with Crippen molar-refractivity contribution in [1.82, 2.24) is 4.90 Å². The molecule has 1 rings (SSSR count). The lowest BCUT2D eigenvalue weighted by Gasteiger charge is -2.38. The molecule has 0 spiro atoms. The topological polar surface area (TPSA) is 59.0 Å². The van der Waals surface area contributed by atoms with Crippen LogP contribution in [-0.4, -0.2) is 55.3 Å². The second kappa shape index (κ2) is 6.49. The number of amides is 1. The number of nitrogens with zero attached hydrogens (tertiary/aromatic N) is 1. The van der Waals surface area contributed by atoms with E-state index in [-0.39, 0.29) is 17.2 Å². The van der Waals surface area contributed by atoms with Crippen molar-refractivity contribution >= 4 is 14.4 Å². The van der Waals surface area contributed by atoms with Crippen LogP contribution in [0.1, 0.15) is 48.0 Å². The fraction of sp³-hybridized carbons (Fsp3) is 0.938. The predicted octanol–water partition coefficient (Wildman–Crippen LogP) is 3.38. The van der Waals surface area contributed by atoms with Crippen molar-refractivity contribution in [3.63, 3.8) is 0 Å². The summed E-state index contributed by atoms with van der Waals surface area (Å²) in [6.45, 7) is 17.3. The Labute approximate surface area is 136 Å². The molecule has 2 atom stereocenters. The second-order valence-electron chi connectivity index (χ2n) is 8.67. The van der Waals surface area contributed by atoms with Crippen molar-refractivity contribution in [3.05, 3.63) is 0 Å². The van der Waals surface area contributed by atoms with Crippen LogP contribution in [0.2, 0.25) is 18.1 Å². The number of ether oxygens (including phenoxy) is 1. The summed E-state index contributed by atoms with van der Waals surface area (Å²) in [6.07, 6.45) is -0.338. The summed E-state index contributed by atoms with van der Waals surface area (Å²) in [6, 6.07) is -0.316. The highest BCUT2D eigenvalue weighted by Gasteiger charge is 2.42. The molecule has 130 valence electrons. The third kappa shape index (κ3) is 4.96. The Morgan fingerprint density at radius 3 is 2.23 bits per heavy atom. The molecule has 0 aromatic heterocycles. The standard InChI is InChI=1S/C16H33NO4Si/c1-15(2,3)21-14(19)17-10-9-13(18)12(17)11-20-22(7,8)16(4,5)6/h12-13,18H,9-11H2,1-8H3/t12-,13+/m0/s1. The van der Waals surface area contributed by atoms with Crippen molar-refractivity contribution in [1.29, 1.82) is 0 Å². The minimum atomic E-state index is -1.90. The van der Waals surface area contributed by atoms with Gasteiger partial charge in [0, 0.05) is 6.54 Å². The van der Waals surface area contributed by atoms with Crippen LogP contribution in [0.25, 0.3) is 0 Å². The average molecular weight is 332 g/mol. The van der Waals surface area contributed by atoms with Gasteiger partial charge in [0.2, 0.25) is 0 Å². The van der Waals surface area contributed by atoms with Gasteiger partial charge in [0.1, 0.15) is 5.60 Å². The van der Waals surface area contributed by atoms with Crippen LogP contribution in [0, 0.1) is 0 Å². The number of carbonyl (C=O) groups is 1. The van der Waals surface area contributed by atoms with E-state index in [9.17, 15) is 9.90 Å². The largest absolute Gasteiger partial charge is 0.444 e. The monoisotopic (exact) mass is 331 g/mol. The van der Waals surface area contributed by atoms with E-state index in [1.807, 2.05) is 20.8 Å². The Bertz CT molecular complexity index is 398. The first kappa shape index (κ1) is 19.5. The van der Waals surface area contributed by atoms with E-state index in [4.69, 9.17) is 9.16 Å². The first-order chi connectivity index (χ1) is 9.74. The number of likely N-dealkylation sites (tertiary alicyclic amines) is 1. The normalized spacial score (nSPS) is 23.8. The van der Waals surface area contributed by atoms with Gasteiger partial charge in [0.25, 0.3) is 0 Å². The zero-order valence-electron chi connectivity index (χ0n) is 15.4. The van der Waals surface area contributed by atoms with Crippen LogP contribution in [0.4, 0.5) is 4.79 Å². The fourth-order valence-electron chi connectivity index (χ4n) is 2.10. The first-order valence-corrected chi connectivity index (χ1v) is 11.0. The van der Waals surface area contributed by atoms with E-state index in [0.29, 0.717) is 19.6 Å². The average Bonchev–Trinajstić information content (AvgIpc) is 2.64. The third-order valence-corrected chi connectivity index (χ3v) is 9.06. The highest BCUT2D eigenvalue weighted by molar-refractivity contribution is 6.74. The molecule has 1 N–H and O–H groups in total. The molecule has 1 aliphatic heterocycles. The minimum Gasteiger partial charge on any atom is -0.444 e. The first-order valence-electron chi connectivity index (χ1n) is 8.06. The van der Waals surface area contributed by atoms with Crippen LogP contribution < -0.4 is 0 Å². The molecule has 1 amide bonds. The molecule has 0 aliphatic carbocycles. The number of aliphatic hydroxyl groups excluding tert-OH is 1. The summed E-state index contributed by atoms with van der Waals surface area (Å²) < 4.78 is 11.6. The summed E-state index contributed by atoms with van der Waals surface area (Å²) in [4.78, 5) is 13.9. The number of carbonyl (C=O) groups excluding carboxylic acids is 1. The molecule has 1 saturated heterocycles. The zero-order chi connectivity index (χ0) is 17.3. The molecule has 22 heavy (non-hydrogen) atoms. The van der Waals surface area contributed by atoms with Crippen LogP contribution in [-0.2, 0) is 9.16 Å². The molecule has 0 saturated carbocycles. The van der Waals surface area contributed by atoms with Gasteiger partial charge in [0.15, 0.2) is 8.32 Å². The molecule has 0 unspecified atom stereocenters. The highest BCUT2D eigenvalue weighted by Crippen LogP contribution is 2.37.